The maximum Gasteiger partial charge on any atom is 0.166 e. The van der Waals surface area contributed by atoms with Gasteiger partial charge in [-0.3, -0.25) is 4.98 Å². The Morgan fingerprint density at radius 1 is 0.880 bits per heavy atom. The Balaban J connectivity index is 1.46. The lowest BCUT2D eigenvalue weighted by Gasteiger charge is -2.01. The van der Waals surface area contributed by atoms with Crippen molar-refractivity contribution >= 4 is 22.7 Å². The number of nitrogens with one attached hydrogen (secondary N) is 1. The number of hydrogen-bond donors (Lipinski definition) is 1. The molecule has 4 heteroatoms. The van der Waals surface area contributed by atoms with Crippen molar-refractivity contribution in [3.8, 4) is 0 Å². The van der Waals surface area contributed by atoms with E-state index in [0.29, 0.717) is 0 Å². The third-order valence-corrected chi connectivity index (χ3v) is 5.10. The number of imidazole rings is 1. The summed E-state index contributed by atoms with van der Waals surface area (Å²) in [5.41, 5.74) is 5.64. The Labute approximate surface area is 151 Å². The number of benzene rings is 2. The molecule has 2 aromatic carbocycles. The highest BCUT2D eigenvalue weighted by atomic mass is 32.2. The van der Waals surface area contributed by atoms with E-state index < -0.39 is 0 Å². The van der Waals surface area contributed by atoms with Crippen LogP contribution in [0.3, 0.4) is 0 Å². The highest BCUT2D eigenvalue weighted by Gasteiger charge is 2.09. The van der Waals surface area contributed by atoms with E-state index >= 15 is 0 Å². The third kappa shape index (κ3) is 3.74. The summed E-state index contributed by atoms with van der Waals surface area (Å²) in [4.78, 5) is 12.9. The van der Waals surface area contributed by atoms with Crippen LogP contribution >= 0.6 is 11.8 Å². The minimum absolute atomic E-state index is 0.808. The van der Waals surface area contributed by atoms with Gasteiger partial charge in [-0.15, -0.1) is 0 Å². The van der Waals surface area contributed by atoms with Crippen molar-refractivity contribution in [2.24, 2.45) is 0 Å². The van der Waals surface area contributed by atoms with E-state index in [1.807, 2.05) is 18.2 Å². The summed E-state index contributed by atoms with van der Waals surface area (Å²) in [6.45, 7) is 2.09. The maximum absolute atomic E-state index is 4.76. The minimum Gasteiger partial charge on any atom is -0.337 e. The molecule has 0 saturated heterocycles. The summed E-state index contributed by atoms with van der Waals surface area (Å²) >= 11 is 1.70. The van der Waals surface area contributed by atoms with E-state index in [-0.39, 0.29) is 0 Å². The van der Waals surface area contributed by atoms with E-state index in [2.05, 4.69) is 60.4 Å². The fraction of sp³-hybridized carbons (Fsp3) is 0.143. The number of aromatic amines is 1. The van der Waals surface area contributed by atoms with Crippen LogP contribution in [-0.2, 0) is 12.2 Å². The first kappa shape index (κ1) is 15.9. The molecule has 0 aliphatic heterocycles. The number of thioether (sulfide) groups is 1. The summed E-state index contributed by atoms with van der Waals surface area (Å²) in [5, 5.41) is 2.13. The van der Waals surface area contributed by atoms with Gasteiger partial charge in [0.05, 0.1) is 16.9 Å². The van der Waals surface area contributed by atoms with Gasteiger partial charge in [-0.25, -0.2) is 4.98 Å². The fourth-order valence-corrected chi connectivity index (χ4v) is 3.67. The van der Waals surface area contributed by atoms with Gasteiger partial charge in [-0.05, 0) is 24.6 Å². The number of fused-ring (bicyclic) bond motifs is 1. The lowest BCUT2D eigenvalue weighted by Crippen LogP contribution is -1.90. The van der Waals surface area contributed by atoms with E-state index in [1.165, 1.54) is 10.9 Å². The van der Waals surface area contributed by atoms with Crippen molar-refractivity contribution < 1.29 is 0 Å². The predicted octanol–water partition coefficient (Wildman–Crippen LogP) is 5.15. The van der Waals surface area contributed by atoms with E-state index in [0.717, 1.165) is 39.9 Å². The normalized spacial score (nSPS) is 11.1. The predicted molar refractivity (Wildman–Crippen MR) is 104 cm³/mol. The molecule has 0 aliphatic rings. The minimum atomic E-state index is 0.808. The monoisotopic (exact) mass is 345 g/mol. The molecule has 0 radical (unpaired) electrons. The highest BCUT2D eigenvalue weighted by molar-refractivity contribution is 7.98. The van der Waals surface area contributed by atoms with Gasteiger partial charge in [0, 0.05) is 23.3 Å². The Bertz CT molecular complexity index is 992. The average molecular weight is 345 g/mol. The zero-order valence-electron chi connectivity index (χ0n) is 14.1. The second kappa shape index (κ2) is 7.11. The maximum atomic E-state index is 4.76. The molecule has 4 aromatic rings. The first-order chi connectivity index (χ1) is 12.3. The molecule has 25 heavy (non-hydrogen) atoms. The van der Waals surface area contributed by atoms with Crippen molar-refractivity contribution in [3.05, 3.63) is 89.4 Å². The molecule has 0 spiro atoms. The highest BCUT2D eigenvalue weighted by Crippen LogP contribution is 2.23. The third-order valence-electron chi connectivity index (χ3n) is 4.19. The summed E-state index contributed by atoms with van der Waals surface area (Å²) in [6.07, 6.45) is 0.859. The molecule has 0 fully saturated rings. The number of aromatic nitrogens is 3. The number of pyridine rings is 1. The first-order valence-corrected chi connectivity index (χ1v) is 9.33. The van der Waals surface area contributed by atoms with Crippen molar-refractivity contribution in [1.82, 2.24) is 15.0 Å². The molecule has 124 valence electrons. The number of rotatable bonds is 5. The smallest absolute Gasteiger partial charge is 0.166 e. The second-order valence-corrected chi connectivity index (χ2v) is 7.02. The molecule has 4 rings (SSSR count). The zero-order chi connectivity index (χ0) is 17.1. The van der Waals surface area contributed by atoms with Gasteiger partial charge < -0.3 is 4.98 Å². The molecule has 3 nitrogen and oxygen atoms in total. The molecule has 0 aliphatic carbocycles. The van der Waals surface area contributed by atoms with Gasteiger partial charge in [0.25, 0.3) is 0 Å². The lowest BCUT2D eigenvalue weighted by atomic mass is 10.1. The molecule has 0 saturated carbocycles. The van der Waals surface area contributed by atoms with Crippen LogP contribution in [0.5, 0.6) is 0 Å². The van der Waals surface area contributed by atoms with Crippen LogP contribution in [0.4, 0.5) is 0 Å². The molecular weight excluding hydrogens is 326 g/mol. The molecule has 0 unspecified atom stereocenters. The first-order valence-electron chi connectivity index (χ1n) is 8.35. The quantitative estimate of drug-likeness (QED) is 0.509. The average Bonchev–Trinajstić information content (AvgIpc) is 3.00. The van der Waals surface area contributed by atoms with Gasteiger partial charge >= 0.3 is 0 Å². The van der Waals surface area contributed by atoms with E-state index in [9.17, 15) is 0 Å². The largest absolute Gasteiger partial charge is 0.337 e. The fourth-order valence-electron chi connectivity index (χ4n) is 2.83. The van der Waals surface area contributed by atoms with Crippen LogP contribution in [0.1, 0.15) is 22.6 Å². The number of H-pyrrole nitrogens is 1. The van der Waals surface area contributed by atoms with Gasteiger partial charge in [0.2, 0.25) is 0 Å². The van der Waals surface area contributed by atoms with Gasteiger partial charge in [0.15, 0.2) is 5.16 Å². The molecule has 0 atom stereocenters. The summed E-state index contributed by atoms with van der Waals surface area (Å²) < 4.78 is 0. The SMILES string of the molecule is Cc1[nH]c(SCc2ccc3ccccc3n2)nc1Cc1ccccc1. The second-order valence-electron chi connectivity index (χ2n) is 6.06. The molecule has 0 bridgehead atoms. The van der Waals surface area contributed by atoms with Crippen LogP contribution < -0.4 is 0 Å². The van der Waals surface area contributed by atoms with Crippen LogP contribution in [0.15, 0.2) is 71.9 Å². The summed E-state index contributed by atoms with van der Waals surface area (Å²) in [6, 6.07) is 22.9. The standard InChI is InChI=1S/C21H19N3S/c1-15-20(13-16-7-3-2-4-8-16)24-21(22-15)25-14-18-12-11-17-9-5-6-10-19(17)23-18/h2-12H,13-14H2,1H3,(H,22,24). The topological polar surface area (TPSA) is 41.6 Å². The Hall–Kier alpha value is -2.59. The van der Waals surface area contributed by atoms with Gasteiger partial charge in [0.1, 0.15) is 0 Å². The van der Waals surface area contributed by atoms with Crippen LogP contribution in [0, 0.1) is 6.92 Å². The van der Waals surface area contributed by atoms with Crippen LogP contribution in [-0.4, -0.2) is 15.0 Å². The van der Waals surface area contributed by atoms with Crippen LogP contribution in [0.2, 0.25) is 0 Å². The molecule has 0 amide bonds. The van der Waals surface area contributed by atoms with Crippen molar-refractivity contribution in [1.29, 1.82) is 0 Å². The Kier molecular flexibility index (Phi) is 4.53. The zero-order valence-corrected chi connectivity index (χ0v) is 14.9. The number of nitrogens with zero attached hydrogens (tertiary/aromatic N) is 2. The van der Waals surface area contributed by atoms with E-state index in [4.69, 9.17) is 9.97 Å². The molecule has 2 aromatic heterocycles. The molecule has 2 heterocycles. The van der Waals surface area contributed by atoms with Crippen molar-refractivity contribution in [3.63, 3.8) is 0 Å². The van der Waals surface area contributed by atoms with Crippen LogP contribution in [0.25, 0.3) is 10.9 Å². The van der Waals surface area contributed by atoms with Crippen molar-refractivity contribution in [2.45, 2.75) is 24.3 Å². The number of hydrogen-bond acceptors (Lipinski definition) is 3. The van der Waals surface area contributed by atoms with Gasteiger partial charge in [-0.2, -0.15) is 0 Å². The number of aryl methyl sites for hydroxylation is 1. The summed E-state index contributed by atoms with van der Waals surface area (Å²) in [5.74, 6) is 0.808. The molecule has 1 N–H and O–H groups in total. The van der Waals surface area contributed by atoms with Gasteiger partial charge in [-0.1, -0.05) is 66.4 Å². The number of para-hydroxylation sites is 1. The lowest BCUT2D eigenvalue weighted by molar-refractivity contribution is 1.01. The molecular formula is C21H19N3S. The Morgan fingerprint density at radius 3 is 2.56 bits per heavy atom. The summed E-state index contributed by atoms with van der Waals surface area (Å²) in [7, 11) is 0. The van der Waals surface area contributed by atoms with E-state index in [1.54, 1.807) is 11.8 Å². The van der Waals surface area contributed by atoms with Crippen molar-refractivity contribution in [2.75, 3.05) is 0 Å². The Morgan fingerprint density at radius 2 is 1.68 bits per heavy atom.